The third-order valence-corrected chi connectivity index (χ3v) is 5.15. The zero-order chi connectivity index (χ0) is 21.4. The van der Waals surface area contributed by atoms with Crippen LogP contribution in [0.1, 0.15) is 20.3 Å². The number of hydrogen-bond acceptors (Lipinski definition) is 5. The van der Waals surface area contributed by atoms with E-state index in [4.69, 9.17) is 0 Å². The maximum Gasteiger partial charge on any atom is 0.350 e. The Labute approximate surface area is 171 Å². The molecule has 3 heterocycles. The number of amides is 1. The minimum atomic E-state index is -0.898. The van der Waals surface area contributed by atoms with Crippen LogP contribution < -0.4 is 15.9 Å². The summed E-state index contributed by atoms with van der Waals surface area (Å²) >= 11 is 0. The molecule has 4 rings (SSSR count). The van der Waals surface area contributed by atoms with Gasteiger partial charge in [-0.25, -0.2) is 27.6 Å². The van der Waals surface area contributed by atoms with Crippen LogP contribution in [-0.4, -0.2) is 38.2 Å². The van der Waals surface area contributed by atoms with Crippen LogP contribution in [0.15, 0.2) is 35.4 Å². The van der Waals surface area contributed by atoms with Gasteiger partial charge in [-0.15, -0.1) is 5.10 Å². The molecule has 0 radical (unpaired) electrons. The number of aromatic nitrogens is 4. The number of nitrogens with zero attached hydrogens (tertiary/aromatic N) is 5. The van der Waals surface area contributed by atoms with Gasteiger partial charge in [0.05, 0.1) is 5.69 Å². The van der Waals surface area contributed by atoms with E-state index in [1.54, 1.807) is 0 Å². The van der Waals surface area contributed by atoms with Gasteiger partial charge in [-0.3, -0.25) is 4.79 Å². The Hall–Kier alpha value is -3.30. The maximum absolute atomic E-state index is 13.8. The molecule has 1 aliphatic rings. The number of nitrogens with one attached hydrogen (secondary N) is 1. The summed E-state index contributed by atoms with van der Waals surface area (Å²) in [4.78, 5) is 31.6. The van der Waals surface area contributed by atoms with Crippen molar-refractivity contribution in [3.8, 4) is 0 Å². The molecule has 8 nitrogen and oxygen atoms in total. The van der Waals surface area contributed by atoms with Gasteiger partial charge < -0.3 is 10.2 Å². The zero-order valence-electron chi connectivity index (χ0n) is 16.7. The van der Waals surface area contributed by atoms with Gasteiger partial charge in [0, 0.05) is 31.5 Å². The lowest BCUT2D eigenvalue weighted by Gasteiger charge is -2.35. The third-order valence-electron chi connectivity index (χ3n) is 5.15. The first kappa shape index (κ1) is 20.0. The highest BCUT2D eigenvalue weighted by molar-refractivity contribution is 5.90. The number of fused-ring (bicyclic) bond motifs is 1. The maximum atomic E-state index is 13.8. The average Bonchev–Trinajstić information content (AvgIpc) is 2.99. The number of rotatable bonds is 4. The summed E-state index contributed by atoms with van der Waals surface area (Å²) in [5, 5.41) is 6.64. The van der Waals surface area contributed by atoms with Gasteiger partial charge in [0.15, 0.2) is 5.82 Å². The molecule has 1 aromatic carbocycles. The lowest BCUT2D eigenvalue weighted by atomic mass is 9.92. The second-order valence-corrected chi connectivity index (χ2v) is 7.91. The molecule has 2 aromatic heterocycles. The number of hydrogen-bond donors (Lipinski definition) is 1. The number of halogens is 2. The Morgan fingerprint density at radius 2 is 1.97 bits per heavy atom. The van der Waals surface area contributed by atoms with E-state index in [9.17, 15) is 18.4 Å². The lowest BCUT2D eigenvalue weighted by Crippen LogP contribution is -2.39. The molecule has 0 saturated carbocycles. The Morgan fingerprint density at radius 1 is 1.23 bits per heavy atom. The molecule has 1 aliphatic heterocycles. The normalized spacial score (nSPS) is 19.3. The zero-order valence-corrected chi connectivity index (χ0v) is 16.7. The first-order chi connectivity index (χ1) is 14.3. The standard InChI is InChI=1S/C20H22F2N6O2/c1-12-7-13(2)10-26(9-12)18-19-25-28(20(30)27(19)6-5-23-18)11-17(29)24-16-4-3-14(21)8-15(16)22/h3-6,8,12-13H,7,9-11H2,1-2H3,(H,24,29)/t12-,13+. The molecule has 158 valence electrons. The van der Waals surface area contributed by atoms with Gasteiger partial charge in [0.1, 0.15) is 18.2 Å². The summed E-state index contributed by atoms with van der Waals surface area (Å²) < 4.78 is 29.1. The number of carbonyl (C=O) groups excluding carboxylic acids is 1. The van der Waals surface area contributed by atoms with Crippen LogP contribution in [0.5, 0.6) is 0 Å². The molecule has 0 unspecified atom stereocenters. The average molecular weight is 416 g/mol. The van der Waals surface area contributed by atoms with Gasteiger partial charge >= 0.3 is 5.69 Å². The summed E-state index contributed by atoms with van der Waals surface area (Å²) in [7, 11) is 0. The van der Waals surface area contributed by atoms with Gasteiger partial charge in [0.2, 0.25) is 11.6 Å². The largest absolute Gasteiger partial charge is 0.353 e. The molecular weight excluding hydrogens is 394 g/mol. The molecule has 0 spiro atoms. The molecule has 1 amide bonds. The van der Waals surface area contributed by atoms with E-state index in [1.165, 1.54) is 16.8 Å². The summed E-state index contributed by atoms with van der Waals surface area (Å²) in [6.45, 7) is 5.55. The van der Waals surface area contributed by atoms with E-state index in [0.29, 0.717) is 29.4 Å². The molecule has 30 heavy (non-hydrogen) atoms. The lowest BCUT2D eigenvalue weighted by molar-refractivity contribution is -0.117. The minimum Gasteiger partial charge on any atom is -0.353 e. The van der Waals surface area contributed by atoms with Crippen molar-refractivity contribution in [3.63, 3.8) is 0 Å². The van der Waals surface area contributed by atoms with Crippen molar-refractivity contribution < 1.29 is 13.6 Å². The number of carbonyl (C=O) groups is 1. The van der Waals surface area contributed by atoms with E-state index in [-0.39, 0.29) is 5.69 Å². The van der Waals surface area contributed by atoms with Gasteiger partial charge in [-0.2, -0.15) is 0 Å². The first-order valence-corrected chi connectivity index (χ1v) is 9.76. The fraction of sp³-hybridized carbons (Fsp3) is 0.400. The summed E-state index contributed by atoms with van der Waals surface area (Å²) in [5.41, 5.74) is -0.303. The van der Waals surface area contributed by atoms with Crippen molar-refractivity contribution in [1.29, 1.82) is 0 Å². The van der Waals surface area contributed by atoms with Gasteiger partial charge in [0.25, 0.3) is 0 Å². The van der Waals surface area contributed by atoms with Gasteiger partial charge in [-0.1, -0.05) is 13.8 Å². The minimum absolute atomic E-state index is 0.170. The summed E-state index contributed by atoms with van der Waals surface area (Å²) in [6.07, 6.45) is 4.16. The quantitative estimate of drug-likeness (QED) is 0.706. The molecule has 3 aromatic rings. The number of benzene rings is 1. The topological polar surface area (TPSA) is 84.5 Å². The molecule has 0 aliphatic carbocycles. The van der Waals surface area contributed by atoms with Crippen LogP contribution in [0.2, 0.25) is 0 Å². The van der Waals surface area contributed by atoms with Crippen LogP contribution >= 0.6 is 0 Å². The van der Waals surface area contributed by atoms with Crippen molar-refractivity contribution in [3.05, 3.63) is 52.7 Å². The molecule has 2 atom stereocenters. The second kappa shape index (κ2) is 7.85. The molecular formula is C20H22F2N6O2. The van der Waals surface area contributed by atoms with E-state index in [0.717, 1.165) is 36.3 Å². The molecule has 10 heteroatoms. The Kier molecular flexibility index (Phi) is 5.23. The number of piperidine rings is 1. The molecule has 1 saturated heterocycles. The van der Waals surface area contributed by atoms with Crippen LogP contribution in [0.25, 0.3) is 5.65 Å². The van der Waals surface area contributed by atoms with E-state index in [1.807, 2.05) is 0 Å². The highest BCUT2D eigenvalue weighted by Gasteiger charge is 2.26. The monoisotopic (exact) mass is 416 g/mol. The van der Waals surface area contributed by atoms with Crippen molar-refractivity contribution in [1.82, 2.24) is 19.2 Å². The Balaban J connectivity index is 1.60. The fourth-order valence-electron chi connectivity index (χ4n) is 4.01. The van der Waals surface area contributed by atoms with Crippen molar-refractivity contribution in [2.24, 2.45) is 11.8 Å². The van der Waals surface area contributed by atoms with Crippen LogP contribution in [0, 0.1) is 23.5 Å². The highest BCUT2D eigenvalue weighted by atomic mass is 19.1. The van der Waals surface area contributed by atoms with Gasteiger partial charge in [-0.05, 0) is 30.4 Å². The number of anilines is 2. The predicted molar refractivity (Wildman–Crippen MR) is 107 cm³/mol. The van der Waals surface area contributed by atoms with E-state index < -0.39 is 29.8 Å². The van der Waals surface area contributed by atoms with Crippen molar-refractivity contribution in [2.75, 3.05) is 23.3 Å². The van der Waals surface area contributed by atoms with Crippen molar-refractivity contribution in [2.45, 2.75) is 26.8 Å². The smallest absolute Gasteiger partial charge is 0.350 e. The van der Waals surface area contributed by atoms with Crippen LogP contribution in [0.4, 0.5) is 20.3 Å². The summed E-state index contributed by atoms with van der Waals surface area (Å²) in [6, 6.07) is 2.83. The molecule has 1 N–H and O–H groups in total. The summed E-state index contributed by atoms with van der Waals surface area (Å²) in [5.74, 6) is -0.728. The molecule has 0 bridgehead atoms. The van der Waals surface area contributed by atoms with E-state index in [2.05, 4.69) is 34.1 Å². The van der Waals surface area contributed by atoms with E-state index >= 15 is 0 Å². The second-order valence-electron chi connectivity index (χ2n) is 7.91. The van der Waals surface area contributed by atoms with Crippen LogP contribution in [-0.2, 0) is 11.3 Å². The third kappa shape index (κ3) is 3.89. The fourth-order valence-corrected chi connectivity index (χ4v) is 4.01. The predicted octanol–water partition coefficient (Wildman–Crippen LogP) is 2.29. The highest BCUT2D eigenvalue weighted by Crippen LogP contribution is 2.26. The first-order valence-electron chi connectivity index (χ1n) is 9.76. The SMILES string of the molecule is C[C@@H]1C[C@H](C)CN(c2nccn3c(=O)n(CC(=O)Nc4ccc(F)cc4F)nc23)C1. The molecule has 1 fully saturated rings. The van der Waals surface area contributed by atoms with Crippen LogP contribution in [0.3, 0.4) is 0 Å². The Morgan fingerprint density at radius 3 is 2.67 bits per heavy atom. The van der Waals surface area contributed by atoms with Crippen molar-refractivity contribution >= 4 is 23.1 Å². The Bertz CT molecular complexity index is 1150.